The van der Waals surface area contributed by atoms with E-state index >= 15 is 0 Å². The standard InChI is InChI=1S/C23H26N4O5S/c24-17(12-33)21(29)26-19(9-13-5-7-15(28)8-6-13)22(30)27-20(23(31)32)10-14-11-25-18-4-2-1-3-16(14)18/h1-8,11,17,19-20,25,28,33H,9-10,12,24H2,(H,26,29)(H,27,30)(H,31,32)/t17-,19-,20-/m0/s1. The summed E-state index contributed by atoms with van der Waals surface area (Å²) in [6.45, 7) is 0. The van der Waals surface area contributed by atoms with Crippen LogP contribution < -0.4 is 16.4 Å². The zero-order valence-electron chi connectivity index (χ0n) is 17.7. The number of amides is 2. The molecule has 7 N–H and O–H groups in total. The van der Waals surface area contributed by atoms with E-state index in [9.17, 15) is 24.6 Å². The van der Waals surface area contributed by atoms with Gasteiger partial charge in [0.1, 0.15) is 17.8 Å². The molecule has 0 aliphatic heterocycles. The fourth-order valence-electron chi connectivity index (χ4n) is 3.43. The van der Waals surface area contributed by atoms with E-state index in [2.05, 4.69) is 28.2 Å². The summed E-state index contributed by atoms with van der Waals surface area (Å²) in [6, 6.07) is 10.4. The van der Waals surface area contributed by atoms with Crippen molar-refractivity contribution >= 4 is 41.3 Å². The van der Waals surface area contributed by atoms with Crippen LogP contribution in [0.4, 0.5) is 0 Å². The predicted molar refractivity (Wildman–Crippen MR) is 127 cm³/mol. The van der Waals surface area contributed by atoms with Crippen molar-refractivity contribution in [2.45, 2.75) is 31.0 Å². The maximum absolute atomic E-state index is 13.1. The first kappa shape index (κ1) is 24.1. The number of nitrogens with one attached hydrogen (secondary N) is 3. The number of hydrogen-bond donors (Lipinski definition) is 7. The first-order chi connectivity index (χ1) is 15.8. The maximum Gasteiger partial charge on any atom is 0.326 e. The molecule has 0 fully saturated rings. The third kappa shape index (κ3) is 6.27. The number of phenolic OH excluding ortho intramolecular Hbond substituents is 1. The summed E-state index contributed by atoms with van der Waals surface area (Å²) in [5, 5.41) is 25.2. The minimum Gasteiger partial charge on any atom is -0.508 e. The lowest BCUT2D eigenvalue weighted by Gasteiger charge is -2.23. The number of aromatic hydroxyl groups is 1. The zero-order valence-corrected chi connectivity index (χ0v) is 18.6. The summed E-state index contributed by atoms with van der Waals surface area (Å²) in [5.74, 6) is -2.29. The van der Waals surface area contributed by atoms with E-state index in [1.807, 2.05) is 24.3 Å². The summed E-state index contributed by atoms with van der Waals surface area (Å²) in [4.78, 5) is 40.4. The molecule has 0 aliphatic rings. The minimum absolute atomic E-state index is 0.0567. The fraction of sp³-hybridized carbons (Fsp3) is 0.261. The molecule has 3 atom stereocenters. The van der Waals surface area contributed by atoms with Crippen LogP contribution in [-0.4, -0.2) is 56.9 Å². The lowest BCUT2D eigenvalue weighted by Crippen LogP contribution is -2.55. The summed E-state index contributed by atoms with van der Waals surface area (Å²) in [6.07, 6.45) is 1.85. The predicted octanol–water partition coefficient (Wildman–Crippen LogP) is 0.970. The molecule has 9 nitrogen and oxygen atoms in total. The Kier molecular flexibility index (Phi) is 7.96. The molecule has 2 aromatic carbocycles. The maximum atomic E-state index is 13.1. The Morgan fingerprint density at radius 2 is 1.64 bits per heavy atom. The number of carboxylic acid groups (broad SMARTS) is 1. The number of hydrogen-bond acceptors (Lipinski definition) is 6. The van der Waals surface area contributed by atoms with Crippen molar-refractivity contribution in [2.24, 2.45) is 5.73 Å². The summed E-state index contributed by atoms with van der Waals surface area (Å²) >= 11 is 4.01. The molecular weight excluding hydrogens is 444 g/mol. The molecule has 0 bridgehead atoms. The Labute approximate surface area is 195 Å². The Bertz CT molecular complexity index is 1130. The van der Waals surface area contributed by atoms with Gasteiger partial charge in [-0.1, -0.05) is 30.3 Å². The number of thiol groups is 1. The van der Waals surface area contributed by atoms with Gasteiger partial charge in [0.05, 0.1) is 6.04 Å². The van der Waals surface area contributed by atoms with Gasteiger partial charge in [0.2, 0.25) is 11.8 Å². The Hall–Kier alpha value is -3.50. The number of carboxylic acids is 1. The number of aromatic amines is 1. The van der Waals surface area contributed by atoms with Crippen LogP contribution in [0.2, 0.25) is 0 Å². The van der Waals surface area contributed by atoms with Gasteiger partial charge in [-0.2, -0.15) is 12.6 Å². The highest BCUT2D eigenvalue weighted by Crippen LogP contribution is 2.19. The van der Waals surface area contributed by atoms with E-state index in [0.29, 0.717) is 5.56 Å². The Balaban J connectivity index is 1.79. The normalized spacial score (nSPS) is 13.8. The number of fused-ring (bicyclic) bond motifs is 1. The smallest absolute Gasteiger partial charge is 0.326 e. The molecule has 0 saturated carbocycles. The number of aliphatic carboxylic acids is 1. The molecule has 2 amide bonds. The van der Waals surface area contributed by atoms with Crippen LogP contribution in [0, 0.1) is 0 Å². The third-order valence-corrected chi connectivity index (χ3v) is 5.65. The molecule has 10 heteroatoms. The number of nitrogens with two attached hydrogens (primary N) is 1. The molecule has 1 aromatic heterocycles. The zero-order chi connectivity index (χ0) is 24.0. The molecule has 0 aliphatic carbocycles. The number of para-hydroxylation sites is 1. The van der Waals surface area contributed by atoms with Crippen LogP contribution >= 0.6 is 12.6 Å². The van der Waals surface area contributed by atoms with Gasteiger partial charge in [-0.3, -0.25) is 9.59 Å². The van der Waals surface area contributed by atoms with Crippen molar-refractivity contribution in [3.63, 3.8) is 0 Å². The third-order valence-electron chi connectivity index (χ3n) is 5.26. The molecule has 0 radical (unpaired) electrons. The summed E-state index contributed by atoms with van der Waals surface area (Å²) in [7, 11) is 0. The van der Waals surface area contributed by atoms with Gasteiger partial charge < -0.3 is 31.6 Å². The van der Waals surface area contributed by atoms with Crippen LogP contribution in [0.1, 0.15) is 11.1 Å². The number of aromatic nitrogens is 1. The molecule has 1 heterocycles. The second-order valence-corrected chi connectivity index (χ2v) is 8.05. The molecule has 0 unspecified atom stereocenters. The van der Waals surface area contributed by atoms with E-state index in [0.717, 1.165) is 16.5 Å². The van der Waals surface area contributed by atoms with Crippen molar-refractivity contribution < 1.29 is 24.6 Å². The van der Waals surface area contributed by atoms with Crippen LogP contribution in [0.3, 0.4) is 0 Å². The highest BCUT2D eigenvalue weighted by atomic mass is 32.1. The summed E-state index contributed by atoms with van der Waals surface area (Å²) < 4.78 is 0. The van der Waals surface area contributed by atoms with Crippen LogP contribution in [0.5, 0.6) is 5.75 Å². The SMILES string of the molecule is N[C@@H](CS)C(=O)N[C@@H](Cc1ccc(O)cc1)C(=O)N[C@@H](Cc1c[nH]c2ccccc12)C(=O)O. The second-order valence-electron chi connectivity index (χ2n) is 7.68. The van der Waals surface area contributed by atoms with Crippen LogP contribution in [-0.2, 0) is 27.2 Å². The van der Waals surface area contributed by atoms with Gasteiger partial charge in [-0.15, -0.1) is 0 Å². The number of carbonyl (C=O) groups is 3. The molecule has 33 heavy (non-hydrogen) atoms. The van der Waals surface area contributed by atoms with Gasteiger partial charge in [0, 0.05) is 35.7 Å². The lowest BCUT2D eigenvalue weighted by atomic mass is 10.0. The van der Waals surface area contributed by atoms with E-state index in [-0.39, 0.29) is 24.3 Å². The van der Waals surface area contributed by atoms with Gasteiger partial charge in [0.15, 0.2) is 0 Å². The van der Waals surface area contributed by atoms with Crippen molar-refractivity contribution in [1.82, 2.24) is 15.6 Å². The molecule has 3 rings (SSSR count). The lowest BCUT2D eigenvalue weighted by molar-refractivity contribution is -0.142. The Morgan fingerprint density at radius 1 is 0.970 bits per heavy atom. The Morgan fingerprint density at radius 3 is 2.30 bits per heavy atom. The second kappa shape index (κ2) is 10.9. The highest BCUT2D eigenvalue weighted by molar-refractivity contribution is 7.80. The van der Waals surface area contributed by atoms with E-state index < -0.39 is 35.9 Å². The number of H-pyrrole nitrogens is 1. The van der Waals surface area contributed by atoms with Crippen molar-refractivity contribution in [2.75, 3.05) is 5.75 Å². The fourth-order valence-corrected chi connectivity index (χ4v) is 3.60. The number of phenols is 1. The van der Waals surface area contributed by atoms with Gasteiger partial charge in [-0.25, -0.2) is 4.79 Å². The number of benzene rings is 2. The monoisotopic (exact) mass is 470 g/mol. The van der Waals surface area contributed by atoms with E-state index in [4.69, 9.17) is 5.73 Å². The van der Waals surface area contributed by atoms with E-state index in [1.54, 1.807) is 18.3 Å². The average Bonchev–Trinajstić information content (AvgIpc) is 3.21. The number of carbonyl (C=O) groups excluding carboxylic acids is 2. The molecule has 0 spiro atoms. The first-order valence-electron chi connectivity index (χ1n) is 10.3. The topological polar surface area (TPSA) is 158 Å². The minimum atomic E-state index is -1.21. The van der Waals surface area contributed by atoms with Crippen LogP contribution in [0.25, 0.3) is 10.9 Å². The van der Waals surface area contributed by atoms with Gasteiger partial charge >= 0.3 is 5.97 Å². The summed E-state index contributed by atoms with van der Waals surface area (Å²) in [5.41, 5.74) is 7.99. The highest BCUT2D eigenvalue weighted by Gasteiger charge is 2.28. The van der Waals surface area contributed by atoms with Crippen molar-refractivity contribution in [3.05, 3.63) is 65.9 Å². The largest absolute Gasteiger partial charge is 0.508 e. The first-order valence-corrected chi connectivity index (χ1v) is 10.9. The van der Waals surface area contributed by atoms with Gasteiger partial charge in [-0.05, 0) is 29.3 Å². The molecule has 0 saturated heterocycles. The molecule has 174 valence electrons. The number of rotatable bonds is 10. The van der Waals surface area contributed by atoms with Gasteiger partial charge in [0.25, 0.3) is 0 Å². The molecular formula is C23H26N4O5S. The average molecular weight is 471 g/mol. The molecule has 3 aromatic rings. The van der Waals surface area contributed by atoms with Crippen molar-refractivity contribution in [1.29, 1.82) is 0 Å². The van der Waals surface area contributed by atoms with E-state index in [1.165, 1.54) is 12.1 Å². The quantitative estimate of drug-likeness (QED) is 0.219. The van der Waals surface area contributed by atoms with Crippen LogP contribution in [0.15, 0.2) is 54.7 Å². The van der Waals surface area contributed by atoms with Crippen molar-refractivity contribution in [3.8, 4) is 5.75 Å².